The van der Waals surface area contributed by atoms with E-state index in [1.807, 2.05) is 24.3 Å². The number of rotatable bonds is 3. The molecule has 4 rings (SSSR count). The van der Waals surface area contributed by atoms with Gasteiger partial charge in [-0.15, -0.1) is 47.2 Å². The first-order valence-electron chi connectivity index (χ1n) is 9.66. The van der Waals surface area contributed by atoms with E-state index in [4.69, 9.17) is 10.1 Å². The fraction of sp³-hybridized carbons (Fsp3) is 0.154. The van der Waals surface area contributed by atoms with Crippen molar-refractivity contribution in [1.29, 1.82) is 0 Å². The Morgan fingerprint density at radius 2 is 1.74 bits per heavy atom. The monoisotopic (exact) mass is 607 g/mol. The molecule has 0 aliphatic carbocycles. The fourth-order valence-corrected chi connectivity index (χ4v) is 4.17. The number of fused-ring (bicyclic) bond motifs is 1. The predicted molar refractivity (Wildman–Crippen MR) is 126 cm³/mol. The summed E-state index contributed by atoms with van der Waals surface area (Å²) in [7, 11) is 0. The van der Waals surface area contributed by atoms with Crippen molar-refractivity contribution in [2.45, 2.75) is 27.7 Å². The molecule has 0 unspecified atom stereocenters. The molecule has 0 bridgehead atoms. The molecule has 0 spiro atoms. The molecule has 0 saturated heterocycles. The van der Waals surface area contributed by atoms with Gasteiger partial charge in [0.25, 0.3) is 0 Å². The number of carbonyl (C=O) groups excluding carboxylic acids is 1. The molecule has 0 saturated carbocycles. The minimum atomic E-state index is -0.125. The second-order valence-electron chi connectivity index (χ2n) is 7.24. The third-order valence-electron chi connectivity index (χ3n) is 4.28. The molecule has 5 heteroatoms. The van der Waals surface area contributed by atoms with Gasteiger partial charge in [0.05, 0.1) is 16.0 Å². The van der Waals surface area contributed by atoms with Crippen LogP contribution in [0.2, 0.25) is 0 Å². The van der Waals surface area contributed by atoms with Crippen molar-refractivity contribution in [1.82, 2.24) is 4.98 Å². The third-order valence-corrected chi connectivity index (χ3v) is 5.42. The second kappa shape index (κ2) is 11.1. The Hall–Kier alpha value is -2.59. The van der Waals surface area contributed by atoms with Crippen molar-refractivity contribution in [2.24, 2.45) is 0 Å². The van der Waals surface area contributed by atoms with Crippen LogP contribution in [0, 0.1) is 19.9 Å². The number of aliphatic hydroxyl groups excluding tert-OH is 1. The Labute approximate surface area is 200 Å². The van der Waals surface area contributed by atoms with Gasteiger partial charge in [0, 0.05) is 31.1 Å². The molecule has 1 radical (unpaired) electrons. The minimum Gasteiger partial charge on any atom is -0.512 e. The van der Waals surface area contributed by atoms with E-state index in [-0.39, 0.29) is 31.6 Å². The zero-order valence-electron chi connectivity index (χ0n) is 17.9. The summed E-state index contributed by atoms with van der Waals surface area (Å²) in [4.78, 5) is 16.1. The summed E-state index contributed by atoms with van der Waals surface area (Å²) in [5.74, 6) is -0.0625. The number of aliphatic hydroxyl groups is 1. The van der Waals surface area contributed by atoms with Crippen molar-refractivity contribution in [3.8, 4) is 21.7 Å². The summed E-state index contributed by atoms with van der Waals surface area (Å²) in [6.45, 7) is 7.14. The van der Waals surface area contributed by atoms with Crippen LogP contribution in [0.25, 0.3) is 31.9 Å². The van der Waals surface area contributed by atoms with Crippen molar-refractivity contribution in [3.05, 3.63) is 89.7 Å². The summed E-state index contributed by atoms with van der Waals surface area (Å²) in [5.41, 5.74) is 6.93. The van der Waals surface area contributed by atoms with Gasteiger partial charge in [-0.25, -0.2) is 0 Å². The summed E-state index contributed by atoms with van der Waals surface area (Å²) in [6.07, 6.45) is 1.17. The number of allylic oxidation sites excluding steroid dienone is 2. The quantitative estimate of drug-likeness (QED) is 0.154. The number of aryl methyl sites for hydroxylation is 2. The van der Waals surface area contributed by atoms with Gasteiger partial charge in [-0.3, -0.25) is 9.78 Å². The maximum absolute atomic E-state index is 10.0. The molecule has 161 valence electrons. The molecule has 2 heterocycles. The summed E-state index contributed by atoms with van der Waals surface area (Å²) >= 11 is 1.80. The van der Waals surface area contributed by atoms with Crippen LogP contribution in [0.3, 0.4) is 0 Å². The van der Waals surface area contributed by atoms with E-state index < -0.39 is 0 Å². The smallest absolute Gasteiger partial charge is 0.155 e. The van der Waals surface area contributed by atoms with Gasteiger partial charge in [0.15, 0.2) is 5.78 Å². The van der Waals surface area contributed by atoms with E-state index in [1.54, 1.807) is 11.3 Å². The van der Waals surface area contributed by atoms with Gasteiger partial charge in [0.1, 0.15) is 0 Å². The molecule has 0 atom stereocenters. The Morgan fingerprint density at radius 3 is 2.29 bits per heavy atom. The van der Waals surface area contributed by atoms with E-state index in [0.717, 1.165) is 16.8 Å². The maximum atomic E-state index is 10.0. The number of pyridine rings is 1. The Balaban J connectivity index is 0.000000373. The van der Waals surface area contributed by atoms with Gasteiger partial charge < -0.3 is 5.11 Å². The molecule has 0 amide bonds. The van der Waals surface area contributed by atoms with Crippen LogP contribution >= 0.6 is 11.3 Å². The molecule has 2 aromatic carbocycles. The molecule has 2 aromatic heterocycles. The largest absolute Gasteiger partial charge is 0.512 e. The third kappa shape index (κ3) is 6.96. The maximum Gasteiger partial charge on any atom is 0.155 e. The van der Waals surface area contributed by atoms with Crippen molar-refractivity contribution in [2.75, 3.05) is 0 Å². The van der Waals surface area contributed by atoms with Crippen LogP contribution in [-0.2, 0) is 24.9 Å². The number of benzene rings is 2. The first-order chi connectivity index (χ1) is 14.3. The first-order valence-corrected chi connectivity index (χ1v) is 10.5. The van der Waals surface area contributed by atoms with Crippen LogP contribution in [0.1, 0.15) is 25.0 Å². The number of thiophene rings is 1. The van der Waals surface area contributed by atoms with Crippen molar-refractivity contribution in [3.63, 3.8) is 0 Å². The van der Waals surface area contributed by atoms with Crippen LogP contribution in [0.15, 0.2) is 72.5 Å². The fourth-order valence-electron chi connectivity index (χ4n) is 3.18. The summed E-state index contributed by atoms with van der Waals surface area (Å²) in [6, 6.07) is 24.3. The predicted octanol–water partition coefficient (Wildman–Crippen LogP) is 7.08. The number of aromatic nitrogens is 1. The van der Waals surface area contributed by atoms with Crippen LogP contribution < -0.4 is 0 Å². The Morgan fingerprint density at radius 1 is 1.03 bits per heavy atom. The van der Waals surface area contributed by atoms with Gasteiger partial charge in [-0.1, -0.05) is 35.4 Å². The normalized spacial score (nSPS) is 10.8. The van der Waals surface area contributed by atoms with E-state index in [2.05, 4.69) is 56.3 Å². The zero-order valence-corrected chi connectivity index (χ0v) is 21.1. The van der Waals surface area contributed by atoms with Gasteiger partial charge in [0.2, 0.25) is 0 Å². The first kappa shape index (κ1) is 24.7. The van der Waals surface area contributed by atoms with E-state index in [9.17, 15) is 4.79 Å². The summed E-state index contributed by atoms with van der Waals surface area (Å²) < 4.78 is 1.22. The average molecular weight is 607 g/mol. The molecule has 31 heavy (non-hydrogen) atoms. The van der Waals surface area contributed by atoms with E-state index in [0.29, 0.717) is 0 Å². The van der Waals surface area contributed by atoms with Crippen LogP contribution in [0.5, 0.6) is 0 Å². The number of nitrogens with zero attached hydrogens (tertiary/aromatic N) is 1. The minimum absolute atomic E-state index is 0. The van der Waals surface area contributed by atoms with E-state index >= 15 is 0 Å². The molecule has 0 aliphatic rings. The second-order valence-corrected chi connectivity index (χ2v) is 8.32. The number of hydrogen-bond acceptors (Lipinski definition) is 4. The van der Waals surface area contributed by atoms with Gasteiger partial charge in [-0.05, 0) is 51.1 Å². The average Bonchev–Trinajstić information content (AvgIpc) is 3.11. The van der Waals surface area contributed by atoms with E-state index in [1.165, 1.54) is 46.2 Å². The molecular weight excluding hydrogens is 583 g/mol. The standard InChI is InChI=1S/C21H16NS.C5H8O2.Ir/c1-14-10-15(2)12-17(11-14)21-13-19-20(23-21)9-8-18(22-19)16-6-4-3-5-7-16;1-4(6)3-5(2)7;/h3-6,8-13H,1-2H3;3,6H,1-2H3;/q-1;;/b;4-3-;. The number of hydrogen-bond donors (Lipinski definition) is 1. The van der Waals surface area contributed by atoms with Crippen molar-refractivity contribution < 1.29 is 30.0 Å². The number of ketones is 1. The number of carbonyl (C=O) groups is 1. The molecule has 0 fully saturated rings. The Bertz CT molecular complexity index is 1190. The van der Waals surface area contributed by atoms with Crippen LogP contribution in [0.4, 0.5) is 0 Å². The zero-order chi connectivity index (χ0) is 21.7. The molecule has 1 N–H and O–H groups in total. The van der Waals surface area contributed by atoms with Crippen molar-refractivity contribution >= 4 is 27.3 Å². The molecule has 0 aliphatic heterocycles. The topological polar surface area (TPSA) is 50.2 Å². The molecule has 4 aromatic rings. The Kier molecular flexibility index (Phi) is 8.87. The van der Waals surface area contributed by atoms with Crippen LogP contribution in [-0.4, -0.2) is 15.9 Å². The van der Waals surface area contributed by atoms with Gasteiger partial charge >= 0.3 is 0 Å². The molecule has 3 nitrogen and oxygen atoms in total. The van der Waals surface area contributed by atoms with Gasteiger partial charge in [-0.2, -0.15) is 0 Å². The molecular formula is C26H24IrNO2S-. The summed E-state index contributed by atoms with van der Waals surface area (Å²) in [5, 5.41) is 8.36. The SMILES string of the molecule is CC(=O)/C=C(/C)O.Cc1cc(C)cc(-c2cc3nc(-c4[c-]cccc4)ccc3s2)c1.[Ir].